The van der Waals surface area contributed by atoms with Gasteiger partial charge in [-0.05, 0) is 0 Å². The minimum atomic E-state index is -5.63. The Balaban J connectivity index is 1.66. The first-order valence-corrected chi connectivity index (χ1v) is 14.5. The van der Waals surface area contributed by atoms with Crippen molar-refractivity contribution in [3.63, 3.8) is 0 Å². The Labute approximate surface area is 223 Å². The minimum absolute atomic E-state index is 0.510. The summed E-state index contributed by atoms with van der Waals surface area (Å²) in [6.45, 7) is -2.44. The summed E-state index contributed by atoms with van der Waals surface area (Å²) in [5.41, 5.74) is 3.48. The van der Waals surface area contributed by atoms with Crippen molar-refractivity contribution in [1.82, 2.24) is 9.55 Å². The smallest absolute Gasteiger partial charge is 0.394 e. The average Bonchev–Trinajstić information content (AvgIpc) is 3.14. The van der Waals surface area contributed by atoms with Crippen molar-refractivity contribution >= 4 is 21.4 Å². The molecule has 0 spiro atoms. The molecule has 10 N–H and O–H groups in total. The zero-order valence-corrected chi connectivity index (χ0v) is 22.1. The Bertz CT molecular complexity index is 1260. The number of aliphatic hydroxyl groups excluding tert-OH is 5. The number of nitrogens with zero attached hydrogens (tertiary/aromatic N) is 1. The van der Waals surface area contributed by atoms with Gasteiger partial charge in [-0.3, -0.25) is 28.2 Å². The maximum Gasteiger partial charge on any atom is 0.483 e. The Morgan fingerprint density at radius 2 is 1.68 bits per heavy atom. The first-order valence-electron chi connectivity index (χ1n) is 11.5. The van der Waals surface area contributed by atoms with E-state index in [2.05, 4.69) is 8.83 Å². The maximum atomic E-state index is 12.5. The standard InChI is InChI=1S/C18H29N3O17P2/c19-4-7(23)3-8-12(25)13(26)9(5-22)36-17(8)37-40(32,33)38-39(30,31)34-6-10-14(27)15(28)16(35-10)21-2-1-11(24)20-18(21)29/h1-2,8-10,12-17,22,25-28H,3-6,19H2,(H,30,31)(H,32,33)(H,20,24,29). The van der Waals surface area contributed by atoms with Crippen LogP contribution in [0.15, 0.2) is 21.9 Å². The molecule has 40 heavy (non-hydrogen) atoms. The molecule has 0 saturated carbocycles. The van der Waals surface area contributed by atoms with Crippen molar-refractivity contribution in [1.29, 1.82) is 0 Å². The monoisotopic (exact) mass is 621 g/mol. The van der Waals surface area contributed by atoms with Crippen LogP contribution >= 0.6 is 15.6 Å². The third-order valence-electron chi connectivity index (χ3n) is 6.01. The number of ether oxygens (including phenoxy) is 2. The molecule has 1 aromatic heterocycles. The minimum Gasteiger partial charge on any atom is -0.394 e. The average molecular weight is 621 g/mol. The number of carbonyl (C=O) groups excluding carboxylic acids is 1. The Morgan fingerprint density at radius 3 is 2.27 bits per heavy atom. The second-order valence-electron chi connectivity index (χ2n) is 8.80. The molecular formula is C18H29N3O17P2. The summed E-state index contributed by atoms with van der Waals surface area (Å²) in [5.74, 6) is -2.20. The van der Waals surface area contributed by atoms with Crippen LogP contribution in [0.2, 0.25) is 0 Å². The van der Waals surface area contributed by atoms with Gasteiger partial charge in [0.05, 0.1) is 25.9 Å². The summed E-state index contributed by atoms with van der Waals surface area (Å²) < 4.78 is 49.5. The van der Waals surface area contributed by atoms with Gasteiger partial charge < -0.3 is 50.5 Å². The first-order chi connectivity index (χ1) is 18.6. The predicted octanol–water partition coefficient (Wildman–Crippen LogP) is -4.62. The van der Waals surface area contributed by atoms with E-state index in [9.17, 15) is 58.8 Å². The van der Waals surface area contributed by atoms with Gasteiger partial charge in [0.2, 0.25) is 0 Å². The fourth-order valence-electron chi connectivity index (χ4n) is 4.00. The maximum absolute atomic E-state index is 12.5. The molecule has 11 atom stereocenters. The highest BCUT2D eigenvalue weighted by atomic mass is 31.3. The number of nitrogens with one attached hydrogen (secondary N) is 1. The second-order valence-corrected chi connectivity index (χ2v) is 11.8. The lowest BCUT2D eigenvalue weighted by molar-refractivity contribution is -0.263. The number of Topliss-reactive ketones (excluding diaryl/α,β-unsaturated/α-hetero) is 1. The Kier molecular flexibility index (Phi) is 10.7. The van der Waals surface area contributed by atoms with E-state index in [0.29, 0.717) is 0 Å². The number of aromatic nitrogens is 2. The van der Waals surface area contributed by atoms with Gasteiger partial charge in [-0.2, -0.15) is 4.31 Å². The van der Waals surface area contributed by atoms with Crippen LogP contribution in [0.3, 0.4) is 0 Å². The second kappa shape index (κ2) is 13.1. The number of H-pyrrole nitrogens is 1. The van der Waals surface area contributed by atoms with Crippen LogP contribution in [0.1, 0.15) is 12.6 Å². The first kappa shape index (κ1) is 32.8. The van der Waals surface area contributed by atoms with Crippen molar-refractivity contribution in [3.05, 3.63) is 33.1 Å². The molecule has 228 valence electrons. The molecule has 2 aliphatic heterocycles. The number of aromatic amines is 1. The number of phosphoric acid groups is 2. The summed E-state index contributed by atoms with van der Waals surface area (Å²) in [6.07, 6.45) is -13.5. The Morgan fingerprint density at radius 1 is 1.02 bits per heavy atom. The van der Waals surface area contributed by atoms with Crippen molar-refractivity contribution in [3.8, 4) is 0 Å². The zero-order chi connectivity index (χ0) is 30.0. The van der Waals surface area contributed by atoms with Crippen molar-refractivity contribution in [2.75, 3.05) is 19.8 Å². The predicted molar refractivity (Wildman–Crippen MR) is 125 cm³/mol. The van der Waals surface area contributed by atoms with Crippen molar-refractivity contribution in [2.45, 2.75) is 55.6 Å². The third-order valence-corrected chi connectivity index (χ3v) is 8.61. The highest BCUT2D eigenvalue weighted by Crippen LogP contribution is 2.62. The lowest BCUT2D eigenvalue weighted by atomic mass is 9.87. The number of ketones is 1. The van der Waals surface area contributed by atoms with Crippen LogP contribution in [0, 0.1) is 5.92 Å². The van der Waals surface area contributed by atoms with Crippen LogP contribution in [0.25, 0.3) is 0 Å². The number of aliphatic hydroxyl groups is 5. The van der Waals surface area contributed by atoms with Gasteiger partial charge in [-0.25, -0.2) is 13.9 Å². The van der Waals surface area contributed by atoms with Gasteiger partial charge in [0.15, 0.2) is 12.5 Å². The molecule has 0 aliphatic carbocycles. The zero-order valence-electron chi connectivity index (χ0n) is 20.3. The van der Waals surface area contributed by atoms with Crippen molar-refractivity contribution in [2.24, 2.45) is 11.7 Å². The van der Waals surface area contributed by atoms with E-state index in [1.807, 2.05) is 4.98 Å². The number of carbonyl (C=O) groups is 1. The van der Waals surface area contributed by atoms with Gasteiger partial charge >= 0.3 is 21.3 Å². The molecule has 0 bridgehead atoms. The highest BCUT2D eigenvalue weighted by Gasteiger charge is 2.50. The normalized spacial score (nSPS) is 35.6. The largest absolute Gasteiger partial charge is 0.483 e. The van der Waals surface area contributed by atoms with Crippen LogP contribution in [0.4, 0.5) is 0 Å². The highest BCUT2D eigenvalue weighted by molar-refractivity contribution is 7.61. The molecule has 2 aliphatic rings. The Hall–Kier alpha value is -1.71. The molecule has 2 saturated heterocycles. The van der Waals surface area contributed by atoms with E-state index >= 15 is 0 Å². The molecule has 0 aromatic carbocycles. The van der Waals surface area contributed by atoms with Crippen LogP contribution < -0.4 is 17.0 Å². The summed E-state index contributed by atoms with van der Waals surface area (Å²) in [4.78, 5) is 56.9. The topological polar surface area (TPSA) is 320 Å². The fraction of sp³-hybridized carbons (Fsp3) is 0.722. The van der Waals surface area contributed by atoms with Crippen molar-refractivity contribution < 1.29 is 72.1 Å². The van der Waals surface area contributed by atoms with Crippen LogP contribution in [-0.4, -0.2) is 113 Å². The summed E-state index contributed by atoms with van der Waals surface area (Å²) in [5, 5.41) is 50.1. The summed E-state index contributed by atoms with van der Waals surface area (Å²) in [6, 6.07) is 0.928. The molecule has 0 amide bonds. The molecule has 11 unspecified atom stereocenters. The third kappa shape index (κ3) is 7.77. The van der Waals surface area contributed by atoms with Crippen LogP contribution in [0.5, 0.6) is 0 Å². The number of nitrogens with two attached hydrogens (primary N) is 1. The molecule has 2 fully saturated rings. The van der Waals surface area contributed by atoms with Gasteiger partial charge in [-0.15, -0.1) is 0 Å². The summed E-state index contributed by atoms with van der Waals surface area (Å²) in [7, 11) is -11.1. The van der Waals surface area contributed by atoms with E-state index in [1.165, 1.54) is 0 Å². The molecule has 3 rings (SSSR count). The number of hydrogen-bond donors (Lipinski definition) is 9. The molecule has 0 radical (unpaired) electrons. The molecule has 3 heterocycles. The molecular weight excluding hydrogens is 592 g/mol. The van der Waals surface area contributed by atoms with E-state index in [4.69, 9.17) is 19.7 Å². The quantitative estimate of drug-likeness (QED) is 0.0991. The van der Waals surface area contributed by atoms with Gasteiger partial charge in [0.1, 0.15) is 36.3 Å². The molecule has 20 nitrogen and oxygen atoms in total. The molecule has 1 aromatic rings. The number of rotatable bonds is 12. The lowest BCUT2D eigenvalue weighted by Gasteiger charge is -2.41. The summed E-state index contributed by atoms with van der Waals surface area (Å²) >= 11 is 0. The SMILES string of the molecule is NCC(=O)CC1C(OP(=O)(O)OP(=O)(O)OCC2OC(n3ccc(=O)[nH]c3=O)C(O)C2O)OC(CO)C(O)C1O. The van der Waals surface area contributed by atoms with E-state index in [0.717, 1.165) is 16.8 Å². The fourth-order valence-corrected chi connectivity index (χ4v) is 6.19. The number of hydrogen-bond acceptors (Lipinski definition) is 16. The lowest BCUT2D eigenvalue weighted by Crippen LogP contribution is -2.56. The number of phosphoric ester groups is 2. The van der Waals surface area contributed by atoms with E-state index in [1.54, 1.807) is 0 Å². The molecule has 22 heteroatoms. The van der Waals surface area contributed by atoms with Crippen LogP contribution in [-0.2, 0) is 36.8 Å². The van der Waals surface area contributed by atoms with Gasteiger partial charge in [-0.1, -0.05) is 0 Å². The van der Waals surface area contributed by atoms with E-state index < -0.39 is 114 Å². The van der Waals surface area contributed by atoms with E-state index in [-0.39, 0.29) is 0 Å². The van der Waals surface area contributed by atoms with Gasteiger partial charge in [0.25, 0.3) is 5.56 Å². The van der Waals surface area contributed by atoms with Gasteiger partial charge in [0, 0.05) is 24.6 Å².